The lowest BCUT2D eigenvalue weighted by molar-refractivity contribution is -0.0972. The number of carbonyl (C=O) groups is 1. The Kier molecular flexibility index (Phi) is 6.29. The molecular formula is C18H14BF3N2O6S2. The standard InChI is InChI=1S/C18H14BF3N2O6S2/c1-2-29-17(26)14-15(25)13-12(8-7-11(20)16(13)32(27,28)31)24(23-14)9-3-5-10(6-4-9)30-18(19,21)22/h3-8H,2,19H2,1H3,(H,27,28,31). The Bertz CT molecular complexity index is 1370. The highest BCUT2D eigenvalue weighted by molar-refractivity contribution is 8.63. The second-order valence-corrected chi connectivity index (χ2v) is 9.26. The molecule has 2 aromatic carbocycles. The zero-order valence-electron chi connectivity index (χ0n) is 16.5. The van der Waals surface area contributed by atoms with Crippen LogP contribution in [-0.2, 0) is 13.6 Å². The molecular weight excluding hydrogens is 472 g/mol. The van der Waals surface area contributed by atoms with Crippen molar-refractivity contribution in [1.29, 1.82) is 0 Å². The van der Waals surface area contributed by atoms with Gasteiger partial charge in [-0.3, -0.25) is 4.79 Å². The monoisotopic (exact) mass is 486 g/mol. The molecule has 0 spiro atoms. The summed E-state index contributed by atoms with van der Waals surface area (Å²) < 4.78 is 75.0. The summed E-state index contributed by atoms with van der Waals surface area (Å²) >= 11 is 3.40. The number of aromatic nitrogens is 2. The summed E-state index contributed by atoms with van der Waals surface area (Å²) in [5.74, 6) is -2.61. The Morgan fingerprint density at radius 2 is 1.84 bits per heavy atom. The highest BCUT2D eigenvalue weighted by Crippen LogP contribution is 2.28. The molecule has 3 aromatic rings. The first-order valence-electron chi connectivity index (χ1n) is 8.91. The fourth-order valence-corrected chi connectivity index (χ4v) is 4.21. The van der Waals surface area contributed by atoms with Gasteiger partial charge in [-0.05, 0) is 55.0 Å². The number of carbonyl (C=O) groups excluding carboxylic acids is 1. The molecule has 168 valence electrons. The Morgan fingerprint density at radius 1 is 1.22 bits per heavy atom. The molecule has 1 heterocycles. The number of fused-ring (bicyclic) bond motifs is 1. The van der Waals surface area contributed by atoms with Gasteiger partial charge >= 0.3 is 12.0 Å². The van der Waals surface area contributed by atoms with Crippen LogP contribution in [0.15, 0.2) is 46.1 Å². The van der Waals surface area contributed by atoms with Crippen molar-refractivity contribution in [2.75, 3.05) is 6.61 Å². The largest absolute Gasteiger partial charge is 0.461 e. The molecule has 0 fully saturated rings. The van der Waals surface area contributed by atoms with Crippen LogP contribution in [0.1, 0.15) is 17.4 Å². The van der Waals surface area contributed by atoms with E-state index in [1.807, 2.05) is 0 Å². The maximum atomic E-state index is 14.4. The number of hydrogen-bond donors (Lipinski definition) is 1. The molecule has 3 rings (SSSR count). The van der Waals surface area contributed by atoms with Crippen molar-refractivity contribution in [3.63, 3.8) is 0 Å². The molecule has 0 atom stereocenters. The van der Waals surface area contributed by atoms with Crippen LogP contribution in [0.5, 0.6) is 5.75 Å². The number of rotatable bonds is 6. The third kappa shape index (κ3) is 4.75. The summed E-state index contributed by atoms with van der Waals surface area (Å²) in [7, 11) is -3.99. The van der Waals surface area contributed by atoms with Gasteiger partial charge in [-0.2, -0.15) is 13.9 Å². The topological polar surface area (TPSA) is 105 Å². The molecule has 0 amide bonds. The van der Waals surface area contributed by atoms with E-state index in [2.05, 4.69) is 21.5 Å². The lowest BCUT2D eigenvalue weighted by Gasteiger charge is -2.16. The predicted octanol–water partition coefficient (Wildman–Crippen LogP) is 1.88. The normalized spacial score (nSPS) is 12.0. The summed E-state index contributed by atoms with van der Waals surface area (Å²) in [6.07, 6.45) is 0. The molecule has 0 N–H and O–H groups in total. The van der Waals surface area contributed by atoms with Crippen molar-refractivity contribution in [3.05, 3.63) is 58.1 Å². The van der Waals surface area contributed by atoms with Crippen molar-refractivity contribution in [2.45, 2.75) is 17.8 Å². The Morgan fingerprint density at radius 3 is 2.38 bits per heavy atom. The summed E-state index contributed by atoms with van der Waals surface area (Å²) in [6, 6.07) is 3.32. The zero-order valence-corrected chi connectivity index (χ0v) is 18.2. The minimum Gasteiger partial charge on any atom is -0.461 e. The van der Waals surface area contributed by atoms with Gasteiger partial charge in [0.05, 0.1) is 23.2 Å². The van der Waals surface area contributed by atoms with E-state index in [9.17, 15) is 31.2 Å². The fraction of sp³-hybridized carbons (Fsp3) is 0.167. The Balaban J connectivity index is 2.37. The summed E-state index contributed by atoms with van der Waals surface area (Å²) in [5, 5.41) is 3.28. The molecule has 0 radical (unpaired) electrons. The number of hydrogen-bond acceptors (Lipinski definition) is 7. The van der Waals surface area contributed by atoms with E-state index < -0.39 is 48.1 Å². The number of alkyl halides is 2. The second kappa shape index (κ2) is 8.50. The van der Waals surface area contributed by atoms with Crippen LogP contribution in [-0.4, -0.2) is 44.6 Å². The highest BCUT2D eigenvalue weighted by Gasteiger charge is 2.27. The first kappa shape index (κ1) is 23.7. The highest BCUT2D eigenvalue weighted by atomic mass is 33.1. The van der Waals surface area contributed by atoms with Crippen molar-refractivity contribution in [1.82, 2.24) is 9.78 Å². The SMILES string of the molecule is BC(F)(F)Oc1ccc(-n2nc(C(=O)OCC)c(=O)c3c(S(=O)(=O)S)c(F)ccc32)cc1. The lowest BCUT2D eigenvalue weighted by Crippen LogP contribution is -2.25. The van der Waals surface area contributed by atoms with Crippen molar-refractivity contribution >= 4 is 45.2 Å². The first-order chi connectivity index (χ1) is 14.8. The van der Waals surface area contributed by atoms with Gasteiger partial charge in [0.1, 0.15) is 16.5 Å². The summed E-state index contributed by atoms with van der Waals surface area (Å²) in [5.41, 5.74) is -2.02. The van der Waals surface area contributed by atoms with E-state index in [0.29, 0.717) is 7.85 Å². The fourth-order valence-electron chi connectivity index (χ4n) is 2.90. The Hall–Kier alpha value is -3.00. The average molecular weight is 486 g/mol. The van der Waals surface area contributed by atoms with E-state index in [0.717, 1.165) is 16.8 Å². The second-order valence-electron chi connectivity index (χ2n) is 6.46. The molecule has 0 unspecified atom stereocenters. The van der Waals surface area contributed by atoms with Crippen molar-refractivity contribution in [2.24, 2.45) is 0 Å². The van der Waals surface area contributed by atoms with Gasteiger partial charge in [-0.15, -0.1) is 0 Å². The van der Waals surface area contributed by atoms with Crippen LogP contribution in [0.3, 0.4) is 0 Å². The molecule has 0 aliphatic heterocycles. The maximum Gasteiger partial charge on any atom is 0.362 e. The average Bonchev–Trinajstić information content (AvgIpc) is 2.67. The maximum absolute atomic E-state index is 14.4. The number of halogens is 3. The number of thiol groups is 1. The molecule has 0 bridgehead atoms. The third-order valence-corrected chi connectivity index (χ3v) is 5.53. The van der Waals surface area contributed by atoms with Crippen molar-refractivity contribution in [3.8, 4) is 11.4 Å². The predicted molar refractivity (Wildman–Crippen MR) is 114 cm³/mol. The van der Waals surface area contributed by atoms with E-state index >= 15 is 0 Å². The van der Waals surface area contributed by atoms with Crippen molar-refractivity contribution < 1.29 is 35.9 Å². The number of nitrogens with zero attached hydrogens (tertiary/aromatic N) is 2. The molecule has 14 heteroatoms. The third-order valence-electron chi connectivity index (χ3n) is 4.06. The van der Waals surface area contributed by atoms with Gasteiger partial charge in [0.2, 0.25) is 27.8 Å². The van der Waals surface area contributed by atoms with Crippen LogP contribution in [0.4, 0.5) is 13.2 Å². The molecule has 0 aliphatic carbocycles. The van der Waals surface area contributed by atoms with E-state index in [1.54, 1.807) is 0 Å². The van der Waals surface area contributed by atoms with E-state index in [4.69, 9.17) is 4.74 Å². The van der Waals surface area contributed by atoms with Crippen LogP contribution in [0, 0.1) is 5.82 Å². The van der Waals surface area contributed by atoms with E-state index in [-0.39, 0.29) is 23.6 Å². The smallest absolute Gasteiger partial charge is 0.362 e. The van der Waals surface area contributed by atoms with E-state index in [1.165, 1.54) is 31.2 Å². The molecule has 0 saturated carbocycles. The minimum absolute atomic E-state index is 0.115. The van der Waals surface area contributed by atoms with Crippen LogP contribution < -0.4 is 10.2 Å². The van der Waals surface area contributed by atoms with Gasteiger partial charge in [-0.1, -0.05) is 0 Å². The lowest BCUT2D eigenvalue weighted by atomic mass is 10.1. The minimum atomic E-state index is -4.54. The summed E-state index contributed by atoms with van der Waals surface area (Å²) in [4.78, 5) is 24.2. The first-order valence-corrected chi connectivity index (χ1v) is 11.4. The van der Waals surface area contributed by atoms with Gasteiger partial charge in [0.25, 0.3) is 0 Å². The van der Waals surface area contributed by atoms with Gasteiger partial charge in [0, 0.05) is 0 Å². The number of esters is 1. The zero-order chi connectivity index (χ0) is 23.8. The molecule has 1 aromatic heterocycles. The van der Waals surface area contributed by atoms with Gasteiger partial charge in [-0.25, -0.2) is 22.3 Å². The van der Waals surface area contributed by atoms with Gasteiger partial charge in [0.15, 0.2) is 0 Å². The van der Waals surface area contributed by atoms with Gasteiger partial charge < -0.3 is 9.47 Å². The van der Waals surface area contributed by atoms with Crippen LogP contribution in [0.2, 0.25) is 0 Å². The molecule has 0 aliphatic rings. The van der Waals surface area contributed by atoms with Crippen LogP contribution in [0.25, 0.3) is 16.6 Å². The number of ether oxygens (including phenoxy) is 2. The summed E-state index contributed by atoms with van der Waals surface area (Å²) in [6.45, 7) is 1.36. The molecule has 8 nitrogen and oxygen atoms in total. The number of benzene rings is 2. The molecule has 0 saturated heterocycles. The molecule has 32 heavy (non-hydrogen) atoms. The Labute approximate surface area is 185 Å². The van der Waals surface area contributed by atoms with Crippen LogP contribution >= 0.6 is 11.7 Å². The quantitative estimate of drug-likeness (QED) is 0.246.